The lowest BCUT2D eigenvalue weighted by Gasteiger charge is -2.22. The van der Waals surface area contributed by atoms with Crippen molar-refractivity contribution in [3.63, 3.8) is 0 Å². The summed E-state index contributed by atoms with van der Waals surface area (Å²) >= 11 is 6.19. The fourth-order valence-electron chi connectivity index (χ4n) is 2.65. The van der Waals surface area contributed by atoms with Crippen molar-refractivity contribution in [2.24, 2.45) is 5.92 Å². The zero-order valence-corrected chi connectivity index (χ0v) is 13.7. The van der Waals surface area contributed by atoms with Crippen molar-refractivity contribution in [3.05, 3.63) is 40.9 Å². The maximum Gasteiger partial charge on any atom is 0.165 e. The molecule has 0 atom stereocenters. The summed E-state index contributed by atoms with van der Waals surface area (Å²) in [6, 6.07) is 4.90. The Morgan fingerprint density at radius 1 is 1.35 bits per heavy atom. The molecule has 0 unspecified atom stereocenters. The van der Waals surface area contributed by atoms with Gasteiger partial charge in [0.05, 0.1) is 10.7 Å². The summed E-state index contributed by atoms with van der Waals surface area (Å²) < 4.78 is 19.4. The van der Waals surface area contributed by atoms with Gasteiger partial charge < -0.3 is 10.1 Å². The summed E-state index contributed by atoms with van der Waals surface area (Å²) in [5, 5.41) is 3.63. The van der Waals surface area contributed by atoms with Crippen molar-refractivity contribution in [2.75, 3.05) is 25.1 Å². The molecule has 0 aliphatic carbocycles. The third-order valence-electron chi connectivity index (χ3n) is 4.01. The monoisotopic (exact) mass is 335 g/mol. The SMILES string of the molecule is Cc1cc(-c2ccc(F)c(NCC3CCOCC3)n2)c(Cl)cn1. The van der Waals surface area contributed by atoms with Crippen molar-refractivity contribution in [3.8, 4) is 11.3 Å². The highest BCUT2D eigenvalue weighted by Crippen LogP contribution is 2.28. The van der Waals surface area contributed by atoms with Crippen molar-refractivity contribution in [1.82, 2.24) is 9.97 Å². The predicted octanol–water partition coefficient (Wildman–Crippen LogP) is 4.08. The first kappa shape index (κ1) is 16.1. The second-order valence-electron chi connectivity index (χ2n) is 5.77. The molecule has 2 aromatic heterocycles. The van der Waals surface area contributed by atoms with E-state index >= 15 is 0 Å². The van der Waals surface area contributed by atoms with Gasteiger partial charge in [0, 0.05) is 37.2 Å². The summed E-state index contributed by atoms with van der Waals surface area (Å²) in [6.07, 6.45) is 3.57. The van der Waals surface area contributed by atoms with Crippen LogP contribution < -0.4 is 5.32 Å². The molecule has 0 amide bonds. The number of ether oxygens (including phenoxy) is 1. The van der Waals surface area contributed by atoms with Crippen LogP contribution in [0, 0.1) is 18.7 Å². The molecule has 1 fully saturated rings. The van der Waals surface area contributed by atoms with Crippen molar-refractivity contribution in [2.45, 2.75) is 19.8 Å². The van der Waals surface area contributed by atoms with Crippen LogP contribution in [0.4, 0.5) is 10.2 Å². The van der Waals surface area contributed by atoms with Gasteiger partial charge in [-0.05, 0) is 43.9 Å². The minimum atomic E-state index is -0.359. The zero-order valence-electron chi connectivity index (χ0n) is 13.0. The molecule has 122 valence electrons. The normalized spacial score (nSPS) is 15.6. The Bertz CT molecular complexity index is 690. The first-order valence-corrected chi connectivity index (χ1v) is 8.12. The highest BCUT2D eigenvalue weighted by atomic mass is 35.5. The molecule has 23 heavy (non-hydrogen) atoms. The van der Waals surface area contributed by atoms with E-state index in [-0.39, 0.29) is 11.6 Å². The summed E-state index contributed by atoms with van der Waals surface area (Å²) in [4.78, 5) is 8.54. The highest BCUT2D eigenvalue weighted by molar-refractivity contribution is 6.33. The number of pyridine rings is 2. The number of hydrogen-bond acceptors (Lipinski definition) is 4. The minimum Gasteiger partial charge on any atom is -0.381 e. The standard InChI is InChI=1S/C17H19ClFN3O/c1-11-8-13(14(18)10-20-11)16-3-2-15(19)17(22-16)21-9-12-4-6-23-7-5-12/h2-3,8,10,12H,4-7,9H2,1H3,(H,21,22). The summed E-state index contributed by atoms with van der Waals surface area (Å²) in [5.41, 5.74) is 2.23. The average Bonchev–Trinajstić information content (AvgIpc) is 2.57. The largest absolute Gasteiger partial charge is 0.381 e. The molecule has 0 radical (unpaired) electrons. The van der Waals surface area contributed by atoms with Gasteiger partial charge in [-0.3, -0.25) is 4.98 Å². The van der Waals surface area contributed by atoms with Crippen LogP contribution in [0.2, 0.25) is 5.02 Å². The topological polar surface area (TPSA) is 47.0 Å². The molecule has 0 aromatic carbocycles. The molecule has 1 N–H and O–H groups in total. The van der Waals surface area contributed by atoms with E-state index in [1.54, 1.807) is 12.3 Å². The quantitative estimate of drug-likeness (QED) is 0.914. The Morgan fingerprint density at radius 2 is 2.13 bits per heavy atom. The van der Waals surface area contributed by atoms with Gasteiger partial charge in [0.15, 0.2) is 11.6 Å². The lowest BCUT2D eigenvalue weighted by atomic mass is 10.0. The predicted molar refractivity (Wildman–Crippen MR) is 89.2 cm³/mol. The number of anilines is 1. The molecule has 0 bridgehead atoms. The molecule has 1 aliphatic heterocycles. The maximum atomic E-state index is 14.0. The Morgan fingerprint density at radius 3 is 2.91 bits per heavy atom. The Kier molecular flexibility index (Phi) is 5.08. The van der Waals surface area contributed by atoms with E-state index in [1.165, 1.54) is 6.07 Å². The van der Waals surface area contributed by atoms with Crippen LogP contribution in [0.3, 0.4) is 0 Å². The van der Waals surface area contributed by atoms with Gasteiger partial charge in [-0.1, -0.05) is 11.6 Å². The average molecular weight is 336 g/mol. The van der Waals surface area contributed by atoms with E-state index in [1.807, 2.05) is 13.0 Å². The fourth-order valence-corrected chi connectivity index (χ4v) is 2.85. The molecule has 4 nitrogen and oxygen atoms in total. The number of aromatic nitrogens is 2. The lowest BCUT2D eigenvalue weighted by molar-refractivity contribution is 0.0699. The highest BCUT2D eigenvalue weighted by Gasteiger charge is 2.15. The number of hydrogen-bond donors (Lipinski definition) is 1. The first-order valence-electron chi connectivity index (χ1n) is 7.74. The van der Waals surface area contributed by atoms with Crippen LogP contribution in [0.1, 0.15) is 18.5 Å². The van der Waals surface area contributed by atoms with Gasteiger partial charge >= 0.3 is 0 Å². The number of halogens is 2. The Balaban J connectivity index is 1.79. The number of nitrogens with zero attached hydrogens (tertiary/aromatic N) is 2. The van der Waals surface area contributed by atoms with Crippen LogP contribution in [0.15, 0.2) is 24.4 Å². The summed E-state index contributed by atoms with van der Waals surface area (Å²) in [7, 11) is 0. The van der Waals surface area contributed by atoms with Gasteiger partial charge in [0.25, 0.3) is 0 Å². The van der Waals surface area contributed by atoms with Gasteiger partial charge in [-0.25, -0.2) is 9.37 Å². The van der Waals surface area contributed by atoms with E-state index in [4.69, 9.17) is 16.3 Å². The molecule has 3 heterocycles. The van der Waals surface area contributed by atoms with Gasteiger partial charge in [-0.2, -0.15) is 0 Å². The van der Waals surface area contributed by atoms with Crippen LogP contribution in [0.5, 0.6) is 0 Å². The van der Waals surface area contributed by atoms with Gasteiger partial charge in [-0.15, -0.1) is 0 Å². The van der Waals surface area contributed by atoms with Crippen molar-refractivity contribution >= 4 is 17.4 Å². The molecule has 0 spiro atoms. The second-order valence-corrected chi connectivity index (χ2v) is 6.18. The molecule has 1 saturated heterocycles. The van der Waals surface area contributed by atoms with E-state index in [0.29, 0.717) is 23.2 Å². The third kappa shape index (κ3) is 3.98. The summed E-state index contributed by atoms with van der Waals surface area (Å²) in [6.45, 7) is 4.12. The number of nitrogens with one attached hydrogen (secondary N) is 1. The minimum absolute atomic E-state index is 0.263. The van der Waals surface area contributed by atoms with E-state index in [9.17, 15) is 4.39 Å². The van der Waals surface area contributed by atoms with Crippen molar-refractivity contribution < 1.29 is 9.13 Å². The van der Waals surface area contributed by atoms with Gasteiger partial charge in [0.1, 0.15) is 0 Å². The Hall–Kier alpha value is -1.72. The van der Waals surface area contributed by atoms with Gasteiger partial charge in [0.2, 0.25) is 0 Å². The fraction of sp³-hybridized carbons (Fsp3) is 0.412. The van der Waals surface area contributed by atoms with E-state index in [0.717, 1.165) is 37.3 Å². The molecule has 6 heteroatoms. The van der Waals surface area contributed by atoms with E-state index < -0.39 is 0 Å². The maximum absolute atomic E-state index is 14.0. The third-order valence-corrected chi connectivity index (χ3v) is 4.31. The molecule has 2 aromatic rings. The summed E-state index contributed by atoms with van der Waals surface area (Å²) in [5.74, 6) is 0.391. The van der Waals surface area contributed by atoms with Crippen molar-refractivity contribution in [1.29, 1.82) is 0 Å². The van der Waals surface area contributed by atoms with Crippen LogP contribution in [-0.4, -0.2) is 29.7 Å². The Labute approximate surface area is 140 Å². The van der Waals surface area contributed by atoms with E-state index in [2.05, 4.69) is 15.3 Å². The molecular weight excluding hydrogens is 317 g/mol. The van der Waals surface area contributed by atoms with Crippen LogP contribution in [-0.2, 0) is 4.74 Å². The lowest BCUT2D eigenvalue weighted by Crippen LogP contribution is -2.23. The molecular formula is C17H19ClFN3O. The first-order chi connectivity index (χ1) is 11.1. The second kappa shape index (κ2) is 7.23. The zero-order chi connectivity index (χ0) is 16.2. The number of aryl methyl sites for hydroxylation is 1. The molecule has 3 rings (SSSR count). The smallest absolute Gasteiger partial charge is 0.165 e. The van der Waals surface area contributed by atoms with Crippen LogP contribution in [0.25, 0.3) is 11.3 Å². The molecule has 1 aliphatic rings. The molecule has 0 saturated carbocycles. The number of rotatable bonds is 4. The van der Waals surface area contributed by atoms with Crippen LogP contribution >= 0.6 is 11.6 Å².